The van der Waals surface area contributed by atoms with Gasteiger partial charge in [0.15, 0.2) is 0 Å². The molecule has 28 heavy (non-hydrogen) atoms. The topological polar surface area (TPSA) is 63.9 Å². The van der Waals surface area contributed by atoms with Crippen molar-refractivity contribution in [2.75, 3.05) is 13.1 Å². The molecule has 140 valence electrons. The highest BCUT2D eigenvalue weighted by molar-refractivity contribution is 7.17. The van der Waals surface area contributed by atoms with E-state index in [1.807, 2.05) is 60.1 Å². The van der Waals surface area contributed by atoms with Gasteiger partial charge in [-0.2, -0.15) is 0 Å². The molecule has 1 fully saturated rings. The minimum absolute atomic E-state index is 0.0781. The zero-order valence-corrected chi connectivity index (χ0v) is 16.3. The number of fused-ring (bicyclic) bond motifs is 1. The van der Waals surface area contributed by atoms with Gasteiger partial charge in [0.1, 0.15) is 5.82 Å². The Bertz CT molecular complexity index is 1130. The van der Waals surface area contributed by atoms with Crippen LogP contribution in [0.3, 0.4) is 0 Å². The van der Waals surface area contributed by atoms with Crippen LogP contribution in [-0.4, -0.2) is 43.4 Å². The second-order valence-corrected chi connectivity index (χ2v) is 7.95. The third-order valence-corrected chi connectivity index (χ3v) is 6.13. The Morgan fingerprint density at radius 3 is 2.82 bits per heavy atom. The van der Waals surface area contributed by atoms with E-state index in [2.05, 4.69) is 19.5 Å². The fourth-order valence-corrected chi connectivity index (χ4v) is 4.63. The summed E-state index contributed by atoms with van der Waals surface area (Å²) in [6.45, 7) is 3.39. The maximum Gasteiger partial charge on any atom is 0.253 e. The molecule has 7 heteroatoms. The van der Waals surface area contributed by atoms with Crippen LogP contribution in [0.4, 0.5) is 0 Å². The first kappa shape index (κ1) is 17.1. The lowest BCUT2D eigenvalue weighted by Crippen LogP contribution is -2.29. The van der Waals surface area contributed by atoms with Gasteiger partial charge in [-0.3, -0.25) is 4.79 Å². The highest BCUT2D eigenvalue weighted by Gasteiger charge is 2.27. The molecule has 1 aromatic carbocycles. The first-order valence-corrected chi connectivity index (χ1v) is 10.2. The molecule has 0 radical (unpaired) electrons. The lowest BCUT2D eigenvalue weighted by atomic mass is 10.1. The molecule has 1 atom stereocenters. The number of nitrogens with zero attached hydrogens (tertiary/aromatic N) is 5. The fourth-order valence-electron chi connectivity index (χ4n) is 3.78. The summed E-state index contributed by atoms with van der Waals surface area (Å²) >= 11 is 1.64. The van der Waals surface area contributed by atoms with Gasteiger partial charge in [-0.25, -0.2) is 15.0 Å². The summed E-state index contributed by atoms with van der Waals surface area (Å²) in [6.07, 6.45) is 6.52. The van der Waals surface area contributed by atoms with Crippen molar-refractivity contribution >= 4 is 27.5 Å². The molecule has 0 aliphatic carbocycles. The van der Waals surface area contributed by atoms with E-state index < -0.39 is 0 Å². The monoisotopic (exact) mass is 389 g/mol. The first-order chi connectivity index (χ1) is 13.7. The second-order valence-electron chi connectivity index (χ2n) is 7.04. The van der Waals surface area contributed by atoms with Gasteiger partial charge < -0.3 is 9.47 Å². The minimum Gasteiger partial charge on any atom is -0.336 e. The summed E-state index contributed by atoms with van der Waals surface area (Å²) in [5, 5.41) is 2.03. The Hall–Kier alpha value is -3.06. The molecule has 3 aromatic heterocycles. The van der Waals surface area contributed by atoms with Crippen molar-refractivity contribution in [1.29, 1.82) is 0 Å². The van der Waals surface area contributed by atoms with Gasteiger partial charge in [-0.1, -0.05) is 12.1 Å². The number of aromatic nitrogens is 4. The number of hydrogen-bond donors (Lipinski definition) is 0. The van der Waals surface area contributed by atoms with Crippen molar-refractivity contribution in [3.05, 3.63) is 65.8 Å². The van der Waals surface area contributed by atoms with Crippen molar-refractivity contribution in [3.63, 3.8) is 0 Å². The van der Waals surface area contributed by atoms with Crippen LogP contribution in [0, 0.1) is 6.92 Å². The molecule has 0 N–H and O–H groups in total. The molecule has 5 rings (SSSR count). The molecule has 0 saturated carbocycles. The Morgan fingerprint density at radius 2 is 2.04 bits per heavy atom. The van der Waals surface area contributed by atoms with Crippen molar-refractivity contribution in [3.8, 4) is 11.3 Å². The van der Waals surface area contributed by atoms with Crippen LogP contribution in [0.1, 0.15) is 28.6 Å². The lowest BCUT2D eigenvalue weighted by Gasteiger charge is -2.17. The van der Waals surface area contributed by atoms with Crippen molar-refractivity contribution in [2.45, 2.75) is 19.4 Å². The maximum atomic E-state index is 12.9. The normalized spacial score (nSPS) is 16.8. The van der Waals surface area contributed by atoms with Gasteiger partial charge in [0.05, 0.1) is 28.3 Å². The fraction of sp³-hybridized carbons (Fsp3) is 0.238. The molecule has 1 amide bonds. The third-order valence-electron chi connectivity index (χ3n) is 5.22. The van der Waals surface area contributed by atoms with E-state index in [1.54, 1.807) is 17.5 Å². The molecule has 1 aliphatic heterocycles. The molecule has 0 bridgehead atoms. The van der Waals surface area contributed by atoms with E-state index in [0.717, 1.165) is 46.8 Å². The molecular formula is C21H19N5OS. The highest BCUT2D eigenvalue weighted by atomic mass is 32.1. The van der Waals surface area contributed by atoms with E-state index in [4.69, 9.17) is 0 Å². The molecule has 4 aromatic rings. The van der Waals surface area contributed by atoms with E-state index in [9.17, 15) is 4.79 Å². The number of rotatable bonds is 3. The van der Waals surface area contributed by atoms with Crippen LogP contribution in [-0.2, 0) is 0 Å². The van der Waals surface area contributed by atoms with Gasteiger partial charge in [0.2, 0.25) is 0 Å². The highest BCUT2D eigenvalue weighted by Crippen LogP contribution is 2.30. The van der Waals surface area contributed by atoms with E-state index in [-0.39, 0.29) is 5.91 Å². The number of carbonyl (C=O) groups is 1. The van der Waals surface area contributed by atoms with Crippen LogP contribution in [0.2, 0.25) is 0 Å². The van der Waals surface area contributed by atoms with Crippen LogP contribution in [0.5, 0.6) is 0 Å². The summed E-state index contributed by atoms with van der Waals surface area (Å²) in [5.74, 6) is 0.831. The number of imidazole rings is 1. The predicted octanol–water partition coefficient (Wildman–Crippen LogP) is 3.95. The number of likely N-dealkylation sites (tertiary alicyclic amines) is 1. The van der Waals surface area contributed by atoms with Gasteiger partial charge >= 0.3 is 0 Å². The average Bonchev–Trinajstić information content (AvgIpc) is 3.47. The maximum absolute atomic E-state index is 12.9. The first-order valence-electron chi connectivity index (χ1n) is 9.28. The standard InChI is InChI=1S/C21H19N5OS/c1-14-23-18-7-11-28-20(18)19(24-14)15-2-4-16(5-3-15)21(27)25-9-6-17(12-25)26-10-8-22-13-26/h2-5,7-8,10-11,13,17H,6,9,12H2,1H3. The van der Waals surface area contributed by atoms with E-state index in [1.165, 1.54) is 0 Å². The summed E-state index contributed by atoms with van der Waals surface area (Å²) in [7, 11) is 0. The lowest BCUT2D eigenvalue weighted by molar-refractivity contribution is 0.0787. The van der Waals surface area contributed by atoms with Gasteiger partial charge in [0.25, 0.3) is 5.91 Å². The van der Waals surface area contributed by atoms with Gasteiger partial charge in [-0.15, -0.1) is 11.3 Å². The summed E-state index contributed by atoms with van der Waals surface area (Å²) in [5.41, 5.74) is 3.61. The van der Waals surface area contributed by atoms with Crippen LogP contribution in [0.15, 0.2) is 54.4 Å². The molecular weight excluding hydrogens is 370 g/mol. The molecule has 1 saturated heterocycles. The second kappa shape index (κ2) is 6.83. The molecule has 1 unspecified atom stereocenters. The van der Waals surface area contributed by atoms with E-state index >= 15 is 0 Å². The Morgan fingerprint density at radius 1 is 1.18 bits per heavy atom. The average molecular weight is 389 g/mol. The Kier molecular flexibility index (Phi) is 4.16. The number of thiophene rings is 1. The molecule has 6 nitrogen and oxygen atoms in total. The van der Waals surface area contributed by atoms with Gasteiger partial charge in [-0.05, 0) is 36.9 Å². The van der Waals surface area contributed by atoms with Crippen LogP contribution < -0.4 is 0 Å². The summed E-state index contributed by atoms with van der Waals surface area (Å²) < 4.78 is 3.16. The molecule has 0 spiro atoms. The number of carbonyl (C=O) groups excluding carboxylic acids is 1. The number of benzene rings is 1. The smallest absolute Gasteiger partial charge is 0.253 e. The quantitative estimate of drug-likeness (QED) is 0.532. The summed E-state index contributed by atoms with van der Waals surface area (Å²) in [4.78, 5) is 28.1. The van der Waals surface area contributed by atoms with Crippen LogP contribution >= 0.6 is 11.3 Å². The zero-order chi connectivity index (χ0) is 19.1. The van der Waals surface area contributed by atoms with Crippen LogP contribution in [0.25, 0.3) is 21.5 Å². The Balaban J connectivity index is 1.38. The van der Waals surface area contributed by atoms with Gasteiger partial charge in [0, 0.05) is 36.6 Å². The summed E-state index contributed by atoms with van der Waals surface area (Å²) in [6, 6.07) is 10.1. The Labute approximate surface area is 166 Å². The zero-order valence-electron chi connectivity index (χ0n) is 15.4. The third kappa shape index (κ3) is 2.97. The molecule has 1 aliphatic rings. The SMILES string of the molecule is Cc1nc(-c2ccc(C(=O)N3CCC(n4ccnc4)C3)cc2)c2sccc2n1. The largest absolute Gasteiger partial charge is 0.336 e. The number of aryl methyl sites for hydroxylation is 1. The number of amides is 1. The minimum atomic E-state index is 0.0781. The van der Waals surface area contributed by atoms with Crippen molar-refractivity contribution < 1.29 is 4.79 Å². The molecule has 4 heterocycles. The van der Waals surface area contributed by atoms with E-state index in [0.29, 0.717) is 11.6 Å². The predicted molar refractivity (Wildman–Crippen MR) is 109 cm³/mol. The van der Waals surface area contributed by atoms with Crippen molar-refractivity contribution in [1.82, 2.24) is 24.4 Å². The van der Waals surface area contributed by atoms with Crippen molar-refractivity contribution in [2.24, 2.45) is 0 Å². The number of hydrogen-bond acceptors (Lipinski definition) is 5.